The lowest BCUT2D eigenvalue weighted by molar-refractivity contribution is -0.131. The number of carboxylic acids is 1. The molecule has 0 fully saturated rings. The van der Waals surface area contributed by atoms with Crippen LogP contribution < -0.4 is 4.90 Å². The second-order valence-electron chi connectivity index (χ2n) is 5.03. The number of nitrogens with zero attached hydrogens (tertiary/aromatic N) is 3. The van der Waals surface area contributed by atoms with Gasteiger partial charge >= 0.3 is 5.97 Å². The largest absolute Gasteiger partial charge is 0.478 e. The van der Waals surface area contributed by atoms with Crippen LogP contribution in [0, 0.1) is 5.82 Å². The van der Waals surface area contributed by atoms with E-state index in [1.807, 2.05) is 27.9 Å². The molecule has 0 saturated heterocycles. The Bertz CT molecular complexity index is 867. The second-order valence-corrected chi connectivity index (χ2v) is 5.90. The van der Waals surface area contributed by atoms with E-state index in [2.05, 4.69) is 4.98 Å². The molecule has 0 spiro atoms. The molecule has 3 aromatic rings. The number of rotatable bonds is 5. The van der Waals surface area contributed by atoms with E-state index in [1.165, 1.54) is 29.5 Å². The van der Waals surface area contributed by atoms with Crippen LogP contribution in [0.4, 0.5) is 10.2 Å². The Balaban J connectivity index is 1.94. The van der Waals surface area contributed by atoms with Crippen molar-refractivity contribution in [3.8, 4) is 0 Å². The normalized spacial score (nSPS) is 11.4. The third kappa shape index (κ3) is 3.24. The first kappa shape index (κ1) is 15.2. The number of halogens is 1. The van der Waals surface area contributed by atoms with E-state index in [0.29, 0.717) is 18.1 Å². The van der Waals surface area contributed by atoms with Crippen molar-refractivity contribution in [1.82, 2.24) is 9.38 Å². The van der Waals surface area contributed by atoms with Gasteiger partial charge in [-0.05, 0) is 23.8 Å². The van der Waals surface area contributed by atoms with Crippen LogP contribution in [0.3, 0.4) is 0 Å². The fourth-order valence-electron chi connectivity index (χ4n) is 2.32. The van der Waals surface area contributed by atoms with Crippen molar-refractivity contribution in [2.24, 2.45) is 0 Å². The van der Waals surface area contributed by atoms with Crippen molar-refractivity contribution >= 4 is 34.2 Å². The zero-order valence-electron chi connectivity index (χ0n) is 12.3. The molecule has 7 heteroatoms. The summed E-state index contributed by atoms with van der Waals surface area (Å²) < 4.78 is 14.8. The maximum absolute atomic E-state index is 13.0. The Hall–Kier alpha value is -2.67. The molecule has 0 atom stereocenters. The number of hydrogen-bond acceptors (Lipinski definition) is 4. The number of benzene rings is 1. The molecule has 0 radical (unpaired) electrons. The van der Waals surface area contributed by atoms with Crippen molar-refractivity contribution in [2.75, 3.05) is 11.9 Å². The SMILES string of the molecule is CN(Cc1ccc(F)cc1)c1nc2sccn2c1/C=C/C(=O)O. The Morgan fingerprint density at radius 3 is 2.87 bits per heavy atom. The molecular weight excluding hydrogens is 317 g/mol. The molecule has 0 aliphatic carbocycles. The average molecular weight is 331 g/mol. The molecule has 0 aliphatic heterocycles. The quantitative estimate of drug-likeness (QED) is 0.729. The van der Waals surface area contributed by atoms with E-state index in [-0.39, 0.29) is 5.82 Å². The number of carbonyl (C=O) groups is 1. The van der Waals surface area contributed by atoms with Crippen molar-refractivity contribution < 1.29 is 14.3 Å². The molecule has 1 N–H and O–H groups in total. The molecule has 5 nitrogen and oxygen atoms in total. The highest BCUT2D eigenvalue weighted by Gasteiger charge is 2.15. The predicted molar refractivity (Wildman–Crippen MR) is 88.2 cm³/mol. The lowest BCUT2D eigenvalue weighted by Gasteiger charge is -2.17. The van der Waals surface area contributed by atoms with Crippen molar-refractivity contribution in [1.29, 1.82) is 0 Å². The van der Waals surface area contributed by atoms with E-state index in [0.717, 1.165) is 16.6 Å². The van der Waals surface area contributed by atoms with Gasteiger partial charge < -0.3 is 10.0 Å². The minimum atomic E-state index is -1.01. The van der Waals surface area contributed by atoms with Gasteiger partial charge in [-0.15, -0.1) is 11.3 Å². The summed E-state index contributed by atoms with van der Waals surface area (Å²) in [6.07, 6.45) is 4.48. The number of anilines is 1. The maximum atomic E-state index is 13.0. The van der Waals surface area contributed by atoms with Crippen LogP contribution in [0.25, 0.3) is 11.0 Å². The molecule has 0 saturated carbocycles. The van der Waals surface area contributed by atoms with Gasteiger partial charge in [-0.25, -0.2) is 14.2 Å². The van der Waals surface area contributed by atoms with Gasteiger partial charge in [0.1, 0.15) is 5.82 Å². The zero-order valence-corrected chi connectivity index (χ0v) is 13.1. The topological polar surface area (TPSA) is 57.8 Å². The predicted octanol–water partition coefficient (Wildman–Crippen LogP) is 3.27. The van der Waals surface area contributed by atoms with Crippen LogP contribution in [-0.2, 0) is 11.3 Å². The van der Waals surface area contributed by atoms with Crippen molar-refractivity contribution in [2.45, 2.75) is 6.54 Å². The van der Waals surface area contributed by atoms with Gasteiger partial charge in [0.25, 0.3) is 0 Å². The molecule has 0 unspecified atom stereocenters. The molecular formula is C16H14FN3O2S. The average Bonchev–Trinajstić information content (AvgIpc) is 3.08. The first-order valence-corrected chi connectivity index (χ1v) is 7.74. The second kappa shape index (κ2) is 6.21. The molecule has 118 valence electrons. The lowest BCUT2D eigenvalue weighted by Crippen LogP contribution is -2.17. The Morgan fingerprint density at radius 1 is 1.43 bits per heavy atom. The summed E-state index contributed by atoms with van der Waals surface area (Å²) in [5, 5.41) is 10.8. The van der Waals surface area contributed by atoms with E-state index in [9.17, 15) is 9.18 Å². The molecule has 3 rings (SSSR count). The number of thiazole rings is 1. The molecule has 2 heterocycles. The highest BCUT2D eigenvalue weighted by molar-refractivity contribution is 7.15. The van der Waals surface area contributed by atoms with Gasteiger partial charge in [-0.3, -0.25) is 4.40 Å². The van der Waals surface area contributed by atoms with Crippen LogP contribution in [0.1, 0.15) is 11.3 Å². The fourth-order valence-corrected chi connectivity index (χ4v) is 3.03. The first-order valence-electron chi connectivity index (χ1n) is 6.87. The number of aliphatic carboxylic acids is 1. The molecule has 0 aliphatic rings. The minimum Gasteiger partial charge on any atom is -0.478 e. The van der Waals surface area contributed by atoms with Gasteiger partial charge in [-0.2, -0.15) is 0 Å². The van der Waals surface area contributed by atoms with Crippen molar-refractivity contribution in [3.63, 3.8) is 0 Å². The highest BCUT2D eigenvalue weighted by Crippen LogP contribution is 2.26. The Morgan fingerprint density at radius 2 is 2.17 bits per heavy atom. The number of hydrogen-bond donors (Lipinski definition) is 1. The molecule has 23 heavy (non-hydrogen) atoms. The number of aromatic nitrogens is 2. The summed E-state index contributed by atoms with van der Waals surface area (Å²) >= 11 is 1.48. The summed E-state index contributed by atoms with van der Waals surface area (Å²) in [6, 6.07) is 6.27. The summed E-state index contributed by atoms with van der Waals surface area (Å²) in [7, 11) is 1.87. The van der Waals surface area contributed by atoms with Crippen LogP contribution in [-0.4, -0.2) is 27.5 Å². The first-order chi connectivity index (χ1) is 11.0. The monoisotopic (exact) mass is 331 g/mol. The van der Waals surface area contributed by atoms with Crippen molar-refractivity contribution in [3.05, 3.63) is 59.0 Å². The van der Waals surface area contributed by atoms with Crippen LogP contribution in [0.2, 0.25) is 0 Å². The summed E-state index contributed by atoms with van der Waals surface area (Å²) in [6.45, 7) is 0.541. The van der Waals surface area contributed by atoms with Gasteiger partial charge in [-0.1, -0.05) is 12.1 Å². The smallest absolute Gasteiger partial charge is 0.328 e. The fraction of sp³-hybridized carbons (Fsp3) is 0.125. The Kier molecular flexibility index (Phi) is 4.12. The van der Waals surface area contributed by atoms with Gasteiger partial charge in [0.2, 0.25) is 0 Å². The third-order valence-electron chi connectivity index (χ3n) is 3.36. The van der Waals surface area contributed by atoms with Crippen LogP contribution >= 0.6 is 11.3 Å². The third-order valence-corrected chi connectivity index (χ3v) is 4.11. The van der Waals surface area contributed by atoms with E-state index >= 15 is 0 Å². The molecule has 2 aromatic heterocycles. The maximum Gasteiger partial charge on any atom is 0.328 e. The summed E-state index contributed by atoms with van der Waals surface area (Å²) in [5.74, 6) is -0.606. The van der Waals surface area contributed by atoms with Crippen LogP contribution in [0.5, 0.6) is 0 Å². The lowest BCUT2D eigenvalue weighted by atomic mass is 10.2. The standard InChI is InChI=1S/C16H14FN3O2S/c1-19(10-11-2-4-12(17)5-3-11)15-13(6-7-14(21)22)20-8-9-23-16(20)18-15/h2-9H,10H2,1H3,(H,21,22)/b7-6+. The summed E-state index contributed by atoms with van der Waals surface area (Å²) in [5.41, 5.74) is 1.65. The number of imidazole rings is 1. The minimum absolute atomic E-state index is 0.274. The molecule has 1 aromatic carbocycles. The molecule has 0 bridgehead atoms. The summed E-state index contributed by atoms with van der Waals surface area (Å²) in [4.78, 5) is 18.1. The highest BCUT2D eigenvalue weighted by atomic mass is 32.1. The van der Waals surface area contributed by atoms with Gasteiger partial charge in [0.15, 0.2) is 10.8 Å². The van der Waals surface area contributed by atoms with E-state index in [4.69, 9.17) is 5.11 Å². The Labute approximate surface area is 135 Å². The zero-order chi connectivity index (χ0) is 16.4. The van der Waals surface area contributed by atoms with Gasteiger partial charge in [0.05, 0.1) is 5.69 Å². The van der Waals surface area contributed by atoms with E-state index < -0.39 is 5.97 Å². The van der Waals surface area contributed by atoms with Crippen LogP contribution in [0.15, 0.2) is 41.9 Å². The molecule has 0 amide bonds. The number of fused-ring (bicyclic) bond motifs is 1. The number of carboxylic acid groups (broad SMARTS) is 1. The van der Waals surface area contributed by atoms with E-state index in [1.54, 1.807) is 12.1 Å². The van der Waals surface area contributed by atoms with Gasteiger partial charge in [0, 0.05) is 31.2 Å².